The van der Waals surface area contributed by atoms with Crippen LogP contribution in [0, 0.1) is 5.82 Å². The summed E-state index contributed by atoms with van der Waals surface area (Å²) in [5.41, 5.74) is 2.07. The maximum absolute atomic E-state index is 13.3. The van der Waals surface area contributed by atoms with E-state index in [-0.39, 0.29) is 5.82 Å². The van der Waals surface area contributed by atoms with Gasteiger partial charge in [0.1, 0.15) is 5.82 Å². The molecule has 104 valence electrons. The van der Waals surface area contributed by atoms with Crippen molar-refractivity contribution in [3.8, 4) is 0 Å². The van der Waals surface area contributed by atoms with Crippen molar-refractivity contribution in [1.82, 2.24) is 5.32 Å². The third-order valence-corrected chi connectivity index (χ3v) is 3.80. The highest BCUT2D eigenvalue weighted by Crippen LogP contribution is 2.27. The Bertz CT molecular complexity index is 799. The largest absolute Gasteiger partial charge is 0.288 e. The normalized spacial score (nSPS) is 15.8. The van der Waals surface area contributed by atoms with Gasteiger partial charge in [-0.3, -0.25) is 14.9 Å². The van der Waals surface area contributed by atoms with Crippen LogP contribution in [0.25, 0.3) is 11.6 Å². The lowest BCUT2D eigenvalue weighted by molar-refractivity contribution is -0.114. The summed E-state index contributed by atoms with van der Waals surface area (Å²) in [6.45, 7) is 0. The minimum atomic E-state index is -0.459. The Hall–Kier alpha value is -2.27. The van der Waals surface area contributed by atoms with Crippen LogP contribution in [0.15, 0.2) is 46.9 Å². The van der Waals surface area contributed by atoms with Gasteiger partial charge >= 0.3 is 0 Å². The van der Waals surface area contributed by atoms with Crippen LogP contribution in [0.2, 0.25) is 0 Å². The Morgan fingerprint density at radius 3 is 2.43 bits per heavy atom. The molecule has 0 fully saturated rings. The zero-order valence-corrected chi connectivity index (χ0v) is 12.3. The Morgan fingerprint density at radius 2 is 1.71 bits per heavy atom. The van der Waals surface area contributed by atoms with E-state index in [1.54, 1.807) is 42.5 Å². The first-order valence-electron chi connectivity index (χ1n) is 6.18. The second kappa shape index (κ2) is 5.26. The minimum absolute atomic E-state index is 0.317. The zero-order chi connectivity index (χ0) is 15.0. The molecule has 0 aromatic heterocycles. The van der Waals surface area contributed by atoms with Crippen LogP contribution in [0.4, 0.5) is 4.39 Å². The predicted molar refractivity (Wildman–Crippen MR) is 80.9 cm³/mol. The van der Waals surface area contributed by atoms with E-state index in [0.717, 1.165) is 0 Å². The molecule has 2 aromatic carbocycles. The van der Waals surface area contributed by atoms with Gasteiger partial charge in [-0.1, -0.05) is 24.3 Å². The second-order valence-electron chi connectivity index (χ2n) is 4.56. The molecular formula is C16H9BrFNO2. The quantitative estimate of drug-likeness (QED) is 0.636. The molecule has 1 N–H and O–H groups in total. The van der Waals surface area contributed by atoms with Gasteiger partial charge < -0.3 is 0 Å². The van der Waals surface area contributed by atoms with Crippen LogP contribution in [-0.4, -0.2) is 11.8 Å². The van der Waals surface area contributed by atoms with E-state index in [1.165, 1.54) is 6.07 Å². The Morgan fingerprint density at radius 1 is 1.00 bits per heavy atom. The average Bonchev–Trinajstić information content (AvgIpc) is 2.47. The van der Waals surface area contributed by atoms with Gasteiger partial charge in [0.15, 0.2) is 0 Å². The number of nitrogens with one attached hydrogen (secondary N) is 1. The molecule has 0 saturated heterocycles. The van der Waals surface area contributed by atoms with Crippen LogP contribution in [0.1, 0.15) is 21.5 Å². The Labute approximate surface area is 128 Å². The molecule has 2 aromatic rings. The number of benzene rings is 2. The van der Waals surface area contributed by atoms with E-state index in [1.807, 2.05) is 0 Å². The fraction of sp³-hybridized carbons (Fsp3) is 0. The maximum atomic E-state index is 13.3. The first-order chi connectivity index (χ1) is 10.1. The number of halogens is 2. The molecule has 3 rings (SSSR count). The molecule has 5 heteroatoms. The number of imide groups is 1. The molecule has 2 amide bonds. The van der Waals surface area contributed by atoms with Gasteiger partial charge in [0.05, 0.1) is 4.47 Å². The first kappa shape index (κ1) is 13.7. The summed E-state index contributed by atoms with van der Waals surface area (Å²) in [6.07, 6.45) is 1.63. The molecule has 3 nitrogen and oxygen atoms in total. The van der Waals surface area contributed by atoms with Gasteiger partial charge in [-0.15, -0.1) is 0 Å². The van der Waals surface area contributed by atoms with Crippen molar-refractivity contribution in [3.05, 3.63) is 69.4 Å². The van der Waals surface area contributed by atoms with Crippen molar-refractivity contribution in [2.45, 2.75) is 0 Å². The second-order valence-corrected chi connectivity index (χ2v) is 5.41. The number of carbonyl (C=O) groups excluding carboxylic acids is 2. The van der Waals surface area contributed by atoms with Crippen molar-refractivity contribution in [3.63, 3.8) is 0 Å². The molecular weight excluding hydrogens is 337 g/mol. The molecule has 0 spiro atoms. The van der Waals surface area contributed by atoms with Gasteiger partial charge in [0.2, 0.25) is 0 Å². The van der Waals surface area contributed by atoms with Crippen molar-refractivity contribution < 1.29 is 14.0 Å². The van der Waals surface area contributed by atoms with E-state index in [4.69, 9.17) is 0 Å². The number of rotatable bonds is 1. The topological polar surface area (TPSA) is 46.2 Å². The average molecular weight is 346 g/mol. The highest BCUT2D eigenvalue weighted by molar-refractivity contribution is 9.10. The molecule has 1 aliphatic heterocycles. The molecule has 0 unspecified atom stereocenters. The van der Waals surface area contributed by atoms with E-state index in [0.29, 0.717) is 26.7 Å². The van der Waals surface area contributed by atoms with E-state index < -0.39 is 11.8 Å². The zero-order valence-electron chi connectivity index (χ0n) is 10.7. The number of hydrogen-bond acceptors (Lipinski definition) is 2. The lowest BCUT2D eigenvalue weighted by Gasteiger charge is -2.18. The highest BCUT2D eigenvalue weighted by atomic mass is 79.9. The van der Waals surface area contributed by atoms with Crippen LogP contribution >= 0.6 is 15.9 Å². The van der Waals surface area contributed by atoms with Crippen LogP contribution in [-0.2, 0) is 4.79 Å². The lowest BCUT2D eigenvalue weighted by Crippen LogP contribution is -2.36. The third-order valence-electron chi connectivity index (χ3n) is 3.19. The standard InChI is InChI=1S/C16H9BrFNO2/c17-13-8-9(5-6-14(13)18)7-12-10-3-1-2-4-11(10)15(20)19-16(12)21/h1-8H,(H,19,20,21)/b12-7+. The highest BCUT2D eigenvalue weighted by Gasteiger charge is 2.26. The molecule has 0 bridgehead atoms. The predicted octanol–water partition coefficient (Wildman–Crippen LogP) is 3.40. The summed E-state index contributed by atoms with van der Waals surface area (Å²) < 4.78 is 13.6. The summed E-state index contributed by atoms with van der Waals surface area (Å²) in [5.74, 6) is -1.24. The van der Waals surface area contributed by atoms with Crippen LogP contribution < -0.4 is 5.32 Å². The summed E-state index contributed by atoms with van der Waals surface area (Å²) in [6, 6.07) is 11.3. The molecule has 1 aliphatic rings. The SMILES string of the molecule is O=C1NC(=O)c2ccccc2/C1=C\c1ccc(F)c(Br)c1. The van der Waals surface area contributed by atoms with E-state index in [2.05, 4.69) is 21.2 Å². The fourth-order valence-corrected chi connectivity index (χ4v) is 2.58. The van der Waals surface area contributed by atoms with Crippen molar-refractivity contribution >= 4 is 39.4 Å². The van der Waals surface area contributed by atoms with Gasteiger partial charge in [-0.2, -0.15) is 0 Å². The van der Waals surface area contributed by atoms with Crippen molar-refractivity contribution in [2.24, 2.45) is 0 Å². The van der Waals surface area contributed by atoms with Crippen molar-refractivity contribution in [2.75, 3.05) is 0 Å². The number of amides is 2. The van der Waals surface area contributed by atoms with E-state index in [9.17, 15) is 14.0 Å². The molecule has 0 aliphatic carbocycles. The summed E-state index contributed by atoms with van der Waals surface area (Å²) in [7, 11) is 0. The van der Waals surface area contributed by atoms with Crippen LogP contribution in [0.3, 0.4) is 0 Å². The smallest absolute Gasteiger partial charge is 0.258 e. The minimum Gasteiger partial charge on any atom is -0.288 e. The fourth-order valence-electron chi connectivity index (χ4n) is 2.19. The molecule has 21 heavy (non-hydrogen) atoms. The Kier molecular flexibility index (Phi) is 3.43. The van der Waals surface area contributed by atoms with Gasteiger partial charge in [-0.25, -0.2) is 4.39 Å². The van der Waals surface area contributed by atoms with Gasteiger partial charge in [0.25, 0.3) is 11.8 Å². The number of fused-ring (bicyclic) bond motifs is 1. The van der Waals surface area contributed by atoms with Gasteiger partial charge in [-0.05, 0) is 51.3 Å². The summed E-state index contributed by atoms with van der Waals surface area (Å²) in [4.78, 5) is 23.8. The first-order valence-corrected chi connectivity index (χ1v) is 6.97. The van der Waals surface area contributed by atoms with Crippen LogP contribution in [0.5, 0.6) is 0 Å². The monoisotopic (exact) mass is 345 g/mol. The maximum Gasteiger partial charge on any atom is 0.258 e. The third kappa shape index (κ3) is 2.52. The Balaban J connectivity index is 2.14. The molecule has 1 heterocycles. The summed E-state index contributed by atoms with van der Waals surface area (Å²) >= 11 is 3.11. The molecule has 0 radical (unpaired) electrons. The number of carbonyl (C=O) groups is 2. The molecule has 0 atom stereocenters. The number of hydrogen-bond donors (Lipinski definition) is 1. The molecule has 0 saturated carbocycles. The van der Waals surface area contributed by atoms with Gasteiger partial charge in [0, 0.05) is 11.1 Å². The summed E-state index contributed by atoms with van der Waals surface area (Å²) in [5, 5.41) is 2.30. The lowest BCUT2D eigenvalue weighted by atomic mass is 9.93. The van der Waals surface area contributed by atoms with Crippen molar-refractivity contribution in [1.29, 1.82) is 0 Å². The van der Waals surface area contributed by atoms with E-state index >= 15 is 0 Å².